The van der Waals surface area contributed by atoms with Crippen LogP contribution in [0.5, 0.6) is 0 Å². The predicted molar refractivity (Wildman–Crippen MR) is 182 cm³/mol. The van der Waals surface area contributed by atoms with Gasteiger partial charge in [-0.2, -0.15) is 0 Å². The molecule has 0 bridgehead atoms. The number of rotatable bonds is 8. The number of ether oxygens (including phenoxy) is 2. The van der Waals surface area contributed by atoms with E-state index in [1.165, 1.54) is 11.0 Å². The fourth-order valence-corrected chi connectivity index (χ4v) is 10.8. The second-order valence-corrected chi connectivity index (χ2v) is 18.2. The van der Waals surface area contributed by atoms with Crippen LogP contribution in [0.25, 0.3) is 0 Å². The van der Waals surface area contributed by atoms with E-state index in [1.807, 2.05) is 31.2 Å². The van der Waals surface area contributed by atoms with Crippen LogP contribution < -0.4 is 10.2 Å². The first-order valence-electron chi connectivity index (χ1n) is 16.8. The number of nitrogens with zero attached hydrogens (tertiary/aromatic N) is 2. The third kappa shape index (κ3) is 5.99. The number of aliphatic hydroxyl groups excluding tert-OH is 5. The Kier molecular flexibility index (Phi) is 9.84. The third-order valence-corrected chi connectivity index (χ3v) is 13.2. The number of carbonyl (C=O) groups is 3. The van der Waals surface area contributed by atoms with Gasteiger partial charge in [0.25, 0.3) is 11.8 Å². The van der Waals surface area contributed by atoms with Crippen LogP contribution in [0.15, 0.2) is 55.1 Å². The molecule has 0 unspecified atom stereocenters. The highest BCUT2D eigenvalue weighted by Crippen LogP contribution is 2.60. The molecule has 0 saturated carbocycles. The number of nitrogens with one attached hydrogen (secondary N) is 1. The Morgan fingerprint density at radius 3 is 2.44 bits per heavy atom. The van der Waals surface area contributed by atoms with Crippen molar-refractivity contribution >= 4 is 37.4 Å². The highest BCUT2D eigenvalue weighted by atomic mass is 28.4. The SMILES string of the molecule is C=CCN1C(=O)[C@@]2(O[C@@H](CC(=O)N3Cc4ccccc4C[C@H]3CO)[C@H]([Si](C)(C)O)[C@H]2C)c2cc(NC(=O)[C@H]3O[C@@H](O)[C@H](O)[C@@H](O)[C@@H]3O)ccc21. The molecule has 14 nitrogen and oxygen atoms in total. The van der Waals surface area contributed by atoms with Crippen molar-refractivity contribution in [3.63, 3.8) is 0 Å². The Morgan fingerprint density at radius 1 is 1.08 bits per heavy atom. The van der Waals surface area contributed by atoms with Gasteiger partial charge >= 0.3 is 0 Å². The Morgan fingerprint density at radius 2 is 1.78 bits per heavy atom. The molecule has 4 aliphatic heterocycles. The smallest absolute Gasteiger partial charge is 0.264 e. The Labute approximate surface area is 290 Å². The van der Waals surface area contributed by atoms with Gasteiger partial charge < -0.3 is 54.9 Å². The zero-order valence-electron chi connectivity index (χ0n) is 28.2. The predicted octanol–water partition coefficient (Wildman–Crippen LogP) is 0.0913. The van der Waals surface area contributed by atoms with Crippen molar-refractivity contribution in [1.82, 2.24) is 4.90 Å². The van der Waals surface area contributed by atoms with Gasteiger partial charge in [0.15, 0.2) is 26.3 Å². The molecular weight excluding hydrogens is 666 g/mol. The number of aliphatic hydroxyl groups is 5. The lowest BCUT2D eigenvalue weighted by Crippen LogP contribution is -2.60. The fraction of sp³-hybridized carbons (Fsp3) is 0.514. The van der Waals surface area contributed by atoms with E-state index in [4.69, 9.17) is 9.47 Å². The van der Waals surface area contributed by atoms with E-state index in [1.54, 1.807) is 36.2 Å². The summed E-state index contributed by atoms with van der Waals surface area (Å²) in [6, 6.07) is 12.0. The normalized spacial score (nSPS) is 33.7. The highest BCUT2D eigenvalue weighted by Gasteiger charge is 2.66. The topological polar surface area (TPSA) is 210 Å². The van der Waals surface area contributed by atoms with Gasteiger partial charge in [0.1, 0.15) is 18.3 Å². The van der Waals surface area contributed by atoms with E-state index in [9.17, 15) is 44.7 Å². The van der Waals surface area contributed by atoms with Crippen molar-refractivity contribution in [2.24, 2.45) is 5.92 Å². The fourth-order valence-electron chi connectivity index (χ4n) is 8.29. The average Bonchev–Trinajstić information content (AvgIpc) is 3.50. The number of benzene rings is 2. The van der Waals surface area contributed by atoms with Crippen molar-refractivity contribution < 1.29 is 54.2 Å². The molecule has 270 valence electrons. The summed E-state index contributed by atoms with van der Waals surface area (Å²) in [5.74, 6) is -2.22. The summed E-state index contributed by atoms with van der Waals surface area (Å²) in [4.78, 5) is 56.6. The maximum absolute atomic E-state index is 14.5. The van der Waals surface area contributed by atoms with Crippen molar-refractivity contribution in [3.8, 4) is 0 Å². The number of hydrogen-bond acceptors (Lipinski definition) is 11. The van der Waals surface area contributed by atoms with Gasteiger partial charge in [0, 0.05) is 35.8 Å². The zero-order valence-corrected chi connectivity index (χ0v) is 29.2. The number of carbonyl (C=O) groups excluding carboxylic acids is 3. The molecule has 2 fully saturated rings. The summed E-state index contributed by atoms with van der Waals surface area (Å²) in [5.41, 5.74) is 0.885. The number of amides is 3. The molecule has 2 saturated heterocycles. The van der Waals surface area contributed by atoms with E-state index in [-0.39, 0.29) is 31.2 Å². The van der Waals surface area contributed by atoms with Crippen LogP contribution in [0.1, 0.15) is 30.0 Å². The molecule has 7 N–H and O–H groups in total. The molecule has 0 radical (unpaired) electrons. The van der Waals surface area contributed by atoms with E-state index < -0.39 is 80.0 Å². The summed E-state index contributed by atoms with van der Waals surface area (Å²) in [6.45, 7) is 9.32. The molecule has 4 heterocycles. The summed E-state index contributed by atoms with van der Waals surface area (Å²) >= 11 is 0. The Balaban J connectivity index is 1.33. The van der Waals surface area contributed by atoms with Gasteiger partial charge in [-0.05, 0) is 48.8 Å². The first-order chi connectivity index (χ1) is 23.6. The molecule has 6 rings (SSSR count). The molecule has 2 aromatic rings. The van der Waals surface area contributed by atoms with Crippen LogP contribution >= 0.6 is 0 Å². The minimum absolute atomic E-state index is 0.134. The quantitative estimate of drug-likeness (QED) is 0.144. The lowest BCUT2D eigenvalue weighted by molar-refractivity contribution is -0.274. The largest absolute Gasteiger partial charge is 0.432 e. The molecule has 0 aliphatic carbocycles. The second kappa shape index (κ2) is 13.6. The Hall–Kier alpha value is -3.51. The first-order valence-corrected chi connectivity index (χ1v) is 19.8. The van der Waals surface area contributed by atoms with Crippen LogP contribution in [-0.2, 0) is 42.4 Å². The maximum Gasteiger partial charge on any atom is 0.264 e. The number of fused-ring (bicyclic) bond motifs is 3. The third-order valence-electron chi connectivity index (χ3n) is 10.7. The van der Waals surface area contributed by atoms with Crippen molar-refractivity contribution in [2.75, 3.05) is 23.4 Å². The lowest BCUT2D eigenvalue weighted by atomic mass is 9.82. The maximum atomic E-state index is 14.5. The van der Waals surface area contributed by atoms with Crippen molar-refractivity contribution in [1.29, 1.82) is 0 Å². The van der Waals surface area contributed by atoms with Gasteiger partial charge in [-0.3, -0.25) is 14.4 Å². The summed E-state index contributed by atoms with van der Waals surface area (Å²) in [6.07, 6.45) is -8.08. The van der Waals surface area contributed by atoms with Crippen molar-refractivity contribution in [3.05, 3.63) is 71.8 Å². The van der Waals surface area contributed by atoms with Gasteiger partial charge in [-0.15, -0.1) is 6.58 Å². The minimum Gasteiger partial charge on any atom is -0.432 e. The number of anilines is 2. The zero-order chi connectivity index (χ0) is 36.3. The van der Waals surface area contributed by atoms with Crippen LogP contribution in [-0.4, -0.2) is 117 Å². The van der Waals surface area contributed by atoms with Gasteiger partial charge in [0.05, 0.1) is 30.9 Å². The van der Waals surface area contributed by atoms with E-state index in [0.717, 1.165) is 11.1 Å². The molecule has 0 aromatic heterocycles. The average molecular weight is 712 g/mol. The molecule has 1 spiro atoms. The lowest BCUT2D eigenvalue weighted by Gasteiger charge is -2.37. The summed E-state index contributed by atoms with van der Waals surface area (Å²) in [7, 11) is -3.14. The van der Waals surface area contributed by atoms with E-state index in [0.29, 0.717) is 24.2 Å². The summed E-state index contributed by atoms with van der Waals surface area (Å²) in [5, 5.41) is 53.1. The Bertz CT molecular complexity index is 1670. The highest BCUT2D eigenvalue weighted by molar-refractivity contribution is 6.71. The second-order valence-electron chi connectivity index (χ2n) is 14.2. The minimum atomic E-state index is -3.14. The van der Waals surface area contributed by atoms with Gasteiger partial charge in [-0.1, -0.05) is 37.3 Å². The van der Waals surface area contributed by atoms with Gasteiger partial charge in [0.2, 0.25) is 5.91 Å². The van der Waals surface area contributed by atoms with Crippen LogP contribution in [0.3, 0.4) is 0 Å². The number of hydrogen-bond donors (Lipinski definition) is 7. The molecule has 3 amide bonds. The molecule has 2 aromatic carbocycles. The molecule has 50 heavy (non-hydrogen) atoms. The van der Waals surface area contributed by atoms with Crippen LogP contribution in [0.4, 0.5) is 11.4 Å². The molecule has 10 atom stereocenters. The van der Waals surface area contributed by atoms with Crippen molar-refractivity contribution in [2.45, 2.75) is 93.4 Å². The van der Waals surface area contributed by atoms with Gasteiger partial charge in [-0.25, -0.2) is 0 Å². The first kappa shape index (κ1) is 36.3. The van der Waals surface area contributed by atoms with E-state index >= 15 is 0 Å². The molecule has 15 heteroatoms. The summed E-state index contributed by atoms with van der Waals surface area (Å²) < 4.78 is 11.9. The van der Waals surface area contributed by atoms with E-state index in [2.05, 4.69) is 11.9 Å². The standard InChI is InChI=1S/C35H45N3O11Si/c1-5-12-37-24-11-10-21(36-32(44)30-28(42)27(41)29(43)33(45)48-30)14-23(24)35(34(37)46)18(2)31(50(3,4)47)25(49-35)15-26(40)38-16-20-9-7-6-8-19(20)13-22(38)17-39/h5-11,14,18,22,25,27-31,33,39,41-43,45,47H,1,12-13,15-17H2,2-4H3,(H,36,44)/t18-,22+,25+,27+,28+,29-,30+,31-,33-,35+/m1/s1. The molecular formula is C35H45N3O11Si. The van der Waals surface area contributed by atoms with Crippen LogP contribution in [0.2, 0.25) is 18.6 Å². The van der Waals surface area contributed by atoms with Crippen LogP contribution in [0, 0.1) is 5.92 Å². The molecule has 4 aliphatic rings. The monoisotopic (exact) mass is 711 g/mol.